The Kier molecular flexibility index (Phi) is 6.57. The molecule has 0 saturated carbocycles. The summed E-state index contributed by atoms with van der Waals surface area (Å²) in [6, 6.07) is 24.0. The third-order valence-electron chi connectivity index (χ3n) is 5.13. The van der Waals surface area contributed by atoms with Crippen molar-refractivity contribution in [3.05, 3.63) is 106 Å². The molecule has 3 aromatic rings. The number of halogens is 1. The zero-order valence-corrected chi connectivity index (χ0v) is 18.6. The molecular weight excluding hydrogens is 437 g/mol. The van der Waals surface area contributed by atoms with E-state index < -0.39 is 17.0 Å². The normalized spacial score (nSPS) is 16.9. The molecule has 1 atom stereocenters. The van der Waals surface area contributed by atoms with Gasteiger partial charge in [-0.15, -0.1) is 0 Å². The number of hydrogen-bond acceptors (Lipinski definition) is 4. The van der Waals surface area contributed by atoms with Gasteiger partial charge in [-0.25, -0.2) is 4.39 Å². The third kappa shape index (κ3) is 4.97. The molecule has 0 radical (unpaired) electrons. The Morgan fingerprint density at radius 1 is 1.09 bits per heavy atom. The molecule has 7 heteroatoms. The fraction of sp³-hybridized carbons (Fsp3) is 0.115. The Balaban J connectivity index is 1.73. The molecule has 33 heavy (non-hydrogen) atoms. The van der Waals surface area contributed by atoms with Crippen molar-refractivity contribution in [2.24, 2.45) is 0 Å². The highest BCUT2D eigenvalue weighted by molar-refractivity contribution is 8.05. The maximum absolute atomic E-state index is 13.5. The van der Waals surface area contributed by atoms with Gasteiger partial charge in [0.05, 0.1) is 5.25 Å². The molecule has 1 saturated heterocycles. The van der Waals surface area contributed by atoms with Gasteiger partial charge in [-0.1, -0.05) is 59.8 Å². The second-order valence-electron chi connectivity index (χ2n) is 7.56. The Labute approximate surface area is 195 Å². The SMILES string of the molecule is Cc1cccc(C[C@@H]2S/C(=C(/C#N)C(=O)Nc3ccccc3)N(c3ccc(F)cc3)C2=O)c1. The fourth-order valence-corrected chi connectivity index (χ4v) is 4.89. The van der Waals surface area contributed by atoms with Crippen molar-refractivity contribution in [3.8, 4) is 6.07 Å². The van der Waals surface area contributed by atoms with Gasteiger partial charge in [0.1, 0.15) is 22.5 Å². The number of para-hydroxylation sites is 1. The minimum absolute atomic E-state index is 0.173. The van der Waals surface area contributed by atoms with Crippen LogP contribution in [0.25, 0.3) is 0 Å². The summed E-state index contributed by atoms with van der Waals surface area (Å²) in [6.45, 7) is 1.98. The van der Waals surface area contributed by atoms with Crippen molar-refractivity contribution >= 4 is 35.0 Å². The van der Waals surface area contributed by atoms with E-state index in [1.807, 2.05) is 43.3 Å². The fourth-order valence-electron chi connectivity index (χ4n) is 3.58. The first-order valence-electron chi connectivity index (χ1n) is 10.3. The van der Waals surface area contributed by atoms with E-state index in [0.717, 1.165) is 11.1 Å². The number of nitriles is 1. The van der Waals surface area contributed by atoms with Crippen molar-refractivity contribution in [2.45, 2.75) is 18.6 Å². The molecule has 5 nitrogen and oxygen atoms in total. The molecule has 0 aliphatic carbocycles. The molecule has 2 amide bonds. The largest absolute Gasteiger partial charge is 0.321 e. The molecule has 3 aromatic carbocycles. The third-order valence-corrected chi connectivity index (χ3v) is 6.39. The first-order chi connectivity index (χ1) is 16.0. The number of anilines is 2. The van der Waals surface area contributed by atoms with E-state index in [9.17, 15) is 19.2 Å². The van der Waals surface area contributed by atoms with Crippen LogP contribution in [0, 0.1) is 24.1 Å². The number of carbonyl (C=O) groups excluding carboxylic acids is 2. The minimum atomic E-state index is -0.609. The number of amides is 2. The van der Waals surface area contributed by atoms with E-state index in [2.05, 4.69) is 5.32 Å². The smallest absolute Gasteiger partial charge is 0.269 e. The van der Waals surface area contributed by atoms with Gasteiger partial charge >= 0.3 is 0 Å². The Morgan fingerprint density at radius 2 is 1.82 bits per heavy atom. The number of rotatable bonds is 5. The van der Waals surface area contributed by atoms with Crippen molar-refractivity contribution in [2.75, 3.05) is 10.2 Å². The number of thioether (sulfide) groups is 1. The van der Waals surface area contributed by atoms with Gasteiger partial charge in [-0.3, -0.25) is 14.5 Å². The predicted molar refractivity (Wildman–Crippen MR) is 128 cm³/mol. The van der Waals surface area contributed by atoms with Crippen molar-refractivity contribution in [1.29, 1.82) is 5.26 Å². The maximum Gasteiger partial charge on any atom is 0.269 e. The molecule has 1 heterocycles. The lowest BCUT2D eigenvalue weighted by Crippen LogP contribution is -2.31. The Bertz CT molecular complexity index is 1270. The summed E-state index contributed by atoms with van der Waals surface area (Å²) in [4.78, 5) is 27.7. The first-order valence-corrected chi connectivity index (χ1v) is 11.2. The van der Waals surface area contributed by atoms with Crippen LogP contribution in [0.2, 0.25) is 0 Å². The summed E-state index contributed by atoms with van der Waals surface area (Å²) in [5.41, 5.74) is 2.82. The first kappa shape index (κ1) is 22.3. The highest BCUT2D eigenvalue weighted by atomic mass is 32.2. The summed E-state index contributed by atoms with van der Waals surface area (Å²) in [7, 11) is 0. The van der Waals surface area contributed by atoms with Gasteiger partial charge in [0.15, 0.2) is 0 Å². The molecule has 1 N–H and O–H groups in total. The van der Waals surface area contributed by atoms with E-state index in [1.165, 1.54) is 40.9 Å². The van der Waals surface area contributed by atoms with Crippen LogP contribution < -0.4 is 10.2 Å². The van der Waals surface area contributed by atoms with Crippen molar-refractivity contribution in [3.63, 3.8) is 0 Å². The molecule has 164 valence electrons. The summed E-state index contributed by atoms with van der Waals surface area (Å²) in [6.07, 6.45) is 0.436. The van der Waals surface area contributed by atoms with Crippen molar-refractivity contribution < 1.29 is 14.0 Å². The Hall–Kier alpha value is -3.89. The number of nitrogens with zero attached hydrogens (tertiary/aromatic N) is 2. The number of aryl methyl sites for hydroxylation is 1. The lowest BCUT2D eigenvalue weighted by molar-refractivity contribution is -0.117. The molecule has 1 aliphatic heterocycles. The van der Waals surface area contributed by atoms with Crippen molar-refractivity contribution in [1.82, 2.24) is 0 Å². The topological polar surface area (TPSA) is 73.2 Å². The van der Waals surface area contributed by atoms with Gasteiger partial charge in [0, 0.05) is 11.4 Å². The van der Waals surface area contributed by atoms with Gasteiger partial charge in [-0.05, 0) is 55.3 Å². The van der Waals surface area contributed by atoms with E-state index in [0.29, 0.717) is 17.8 Å². The van der Waals surface area contributed by atoms with Crippen LogP contribution in [0.3, 0.4) is 0 Å². The van der Waals surface area contributed by atoms with E-state index >= 15 is 0 Å². The lowest BCUT2D eigenvalue weighted by atomic mass is 10.1. The van der Waals surface area contributed by atoms with E-state index in [-0.39, 0.29) is 16.5 Å². The average Bonchev–Trinajstić information content (AvgIpc) is 3.11. The number of benzene rings is 3. The number of carbonyl (C=O) groups is 2. The summed E-state index contributed by atoms with van der Waals surface area (Å²) < 4.78 is 13.5. The maximum atomic E-state index is 13.5. The highest BCUT2D eigenvalue weighted by Crippen LogP contribution is 2.42. The monoisotopic (exact) mass is 457 g/mol. The molecule has 4 rings (SSSR count). The number of hydrogen-bond donors (Lipinski definition) is 1. The minimum Gasteiger partial charge on any atom is -0.321 e. The van der Waals surface area contributed by atoms with Crippen LogP contribution in [0.1, 0.15) is 11.1 Å². The number of nitrogens with one attached hydrogen (secondary N) is 1. The van der Waals surface area contributed by atoms with E-state index in [1.54, 1.807) is 24.3 Å². The summed E-state index contributed by atoms with van der Waals surface area (Å²) in [5, 5.41) is 12.3. The molecule has 0 aromatic heterocycles. The zero-order chi connectivity index (χ0) is 23.4. The quantitative estimate of drug-likeness (QED) is 0.422. The van der Waals surface area contributed by atoms with Gasteiger partial charge in [0.25, 0.3) is 5.91 Å². The van der Waals surface area contributed by atoms with Crippen LogP contribution >= 0.6 is 11.8 Å². The van der Waals surface area contributed by atoms with Crippen LogP contribution in [-0.2, 0) is 16.0 Å². The van der Waals surface area contributed by atoms with Crippen LogP contribution in [0.4, 0.5) is 15.8 Å². The van der Waals surface area contributed by atoms with Gasteiger partial charge in [-0.2, -0.15) is 5.26 Å². The lowest BCUT2D eigenvalue weighted by Gasteiger charge is -2.18. The molecule has 1 aliphatic rings. The summed E-state index contributed by atoms with van der Waals surface area (Å²) in [5.74, 6) is -1.31. The van der Waals surface area contributed by atoms with Crippen LogP contribution in [-0.4, -0.2) is 17.1 Å². The van der Waals surface area contributed by atoms with Crippen LogP contribution in [0.15, 0.2) is 89.5 Å². The highest BCUT2D eigenvalue weighted by Gasteiger charge is 2.40. The molecule has 0 unspecified atom stereocenters. The standard InChI is InChI=1S/C26H20FN3O2S/c1-17-6-5-7-18(14-17)15-23-25(32)30(21-12-10-19(27)11-13-21)26(33-23)22(16-28)24(31)29-20-8-3-2-4-9-20/h2-14,23H,15H2,1H3,(H,29,31)/b26-22-/t23-/m0/s1. The average molecular weight is 458 g/mol. The second kappa shape index (κ2) is 9.72. The predicted octanol–water partition coefficient (Wildman–Crippen LogP) is 5.20. The summed E-state index contributed by atoms with van der Waals surface area (Å²) >= 11 is 1.18. The molecule has 0 bridgehead atoms. The van der Waals surface area contributed by atoms with Gasteiger partial charge < -0.3 is 5.32 Å². The molecule has 1 fully saturated rings. The molecular formula is C26H20FN3O2S. The second-order valence-corrected chi connectivity index (χ2v) is 8.75. The molecule has 0 spiro atoms. The van der Waals surface area contributed by atoms with Crippen LogP contribution in [0.5, 0.6) is 0 Å². The Morgan fingerprint density at radius 3 is 2.48 bits per heavy atom. The van der Waals surface area contributed by atoms with Gasteiger partial charge in [0.2, 0.25) is 5.91 Å². The van der Waals surface area contributed by atoms with E-state index in [4.69, 9.17) is 0 Å². The zero-order valence-electron chi connectivity index (χ0n) is 17.8.